The number of halogens is 2. The monoisotopic (exact) mass is 682 g/mol. The van der Waals surface area contributed by atoms with E-state index < -0.39 is 0 Å². The molecule has 1 aromatic heterocycles. The van der Waals surface area contributed by atoms with Crippen molar-refractivity contribution in [2.75, 3.05) is 0 Å². The summed E-state index contributed by atoms with van der Waals surface area (Å²) >= 11 is 7.23. The Morgan fingerprint density at radius 3 is 2.05 bits per heavy atom. The van der Waals surface area contributed by atoms with Gasteiger partial charge in [0.1, 0.15) is 0 Å². The van der Waals surface area contributed by atoms with Gasteiger partial charge in [0, 0.05) is 51.3 Å². The third kappa shape index (κ3) is 3.99. The van der Waals surface area contributed by atoms with Gasteiger partial charge in [-0.3, -0.25) is 0 Å². The summed E-state index contributed by atoms with van der Waals surface area (Å²) in [6.07, 6.45) is 13.0. The van der Waals surface area contributed by atoms with Crippen molar-refractivity contribution in [3.63, 3.8) is 0 Å². The quantitative estimate of drug-likeness (QED) is 0.328. The van der Waals surface area contributed by atoms with Gasteiger partial charge in [-0.2, -0.15) is 1.33 Å². The number of aryl methyl sites for hydroxylation is 2. The average molecular weight is 682 g/mol. The van der Waals surface area contributed by atoms with Crippen molar-refractivity contribution in [3.8, 4) is 0 Å². The molecule has 0 N–H and O–H groups in total. The molecule has 3 aliphatic rings. The smallest absolute Gasteiger partial charge is 0.0408 e. The molecule has 1 heterocycles. The summed E-state index contributed by atoms with van der Waals surface area (Å²) < 4.78 is 7.99. The molecule has 3 aliphatic carbocycles. The fourth-order valence-electron chi connectivity index (χ4n) is 3.20. The second-order valence-corrected chi connectivity index (χ2v) is 10.7. The Labute approximate surface area is 160 Å². The van der Waals surface area contributed by atoms with Gasteiger partial charge < -0.3 is 0 Å². The SMILES string of the molecule is CCn1ccn(C)[c]1=[Pt].IN(I)C12CCC(CC1)CC2. The third-order valence-electron chi connectivity index (χ3n) is 4.71. The van der Waals surface area contributed by atoms with Crippen molar-refractivity contribution < 1.29 is 19.4 Å². The van der Waals surface area contributed by atoms with Crippen LogP contribution in [0, 0.1) is 9.72 Å². The molecule has 118 valence electrons. The Bertz CT molecular complexity index is 473. The van der Waals surface area contributed by atoms with Crippen molar-refractivity contribution in [3.05, 3.63) is 16.2 Å². The van der Waals surface area contributed by atoms with E-state index in [1.807, 2.05) is 0 Å². The van der Waals surface area contributed by atoms with Gasteiger partial charge in [-0.05, 0) is 44.4 Å². The van der Waals surface area contributed by atoms with Gasteiger partial charge in [-0.1, -0.05) is 0 Å². The molecule has 20 heavy (non-hydrogen) atoms. The zero-order valence-electron chi connectivity index (χ0n) is 12.1. The Morgan fingerprint density at radius 1 is 1.25 bits per heavy atom. The first-order valence-corrected chi connectivity index (χ1v) is 10.3. The summed E-state index contributed by atoms with van der Waals surface area (Å²) in [4.78, 5) is 0. The minimum absolute atomic E-state index is 0.593. The molecule has 4 rings (SSSR count). The third-order valence-corrected chi connectivity index (χ3v) is 8.21. The summed E-state index contributed by atoms with van der Waals surface area (Å²) in [7, 11) is 2.05. The van der Waals surface area contributed by atoms with Gasteiger partial charge in [0.2, 0.25) is 0 Å². The second-order valence-electron chi connectivity index (χ2n) is 5.88. The molecule has 3 saturated carbocycles. The Kier molecular flexibility index (Phi) is 6.83. The molecular weight excluding hydrogens is 659 g/mol. The minimum atomic E-state index is 0.593. The van der Waals surface area contributed by atoms with Crippen molar-refractivity contribution in [2.45, 2.75) is 57.5 Å². The summed E-state index contributed by atoms with van der Waals surface area (Å²) in [6, 6.07) is 0. The van der Waals surface area contributed by atoms with Gasteiger partial charge in [0.15, 0.2) is 0 Å². The average Bonchev–Trinajstić information content (AvgIpc) is 2.81. The van der Waals surface area contributed by atoms with E-state index in [-0.39, 0.29) is 0 Å². The summed E-state index contributed by atoms with van der Waals surface area (Å²) in [6.45, 7) is 3.20. The normalized spacial score (nSPS) is 28.4. The molecule has 1 aromatic rings. The van der Waals surface area contributed by atoms with E-state index >= 15 is 0 Å². The maximum atomic E-state index is 2.46. The van der Waals surface area contributed by atoms with Crippen LogP contribution in [0.4, 0.5) is 0 Å². The van der Waals surface area contributed by atoms with E-state index in [0.29, 0.717) is 5.54 Å². The zero-order chi connectivity index (χ0) is 14.8. The van der Waals surface area contributed by atoms with Gasteiger partial charge in [-0.25, -0.2) is 0 Å². The second kappa shape index (κ2) is 7.73. The number of aromatic nitrogens is 2. The number of nitrogens with zero attached hydrogens (tertiary/aromatic N) is 3. The van der Waals surface area contributed by atoms with E-state index in [2.05, 4.69) is 102 Å². The number of rotatable bonds is 2. The van der Waals surface area contributed by atoms with Crippen molar-refractivity contribution in [1.29, 1.82) is 0 Å². The van der Waals surface area contributed by atoms with Crippen LogP contribution >= 0.6 is 45.7 Å². The molecule has 3 nitrogen and oxygen atoms in total. The van der Waals surface area contributed by atoms with Crippen LogP contribution in [0.5, 0.6) is 0 Å². The molecule has 0 atom stereocenters. The molecule has 0 spiro atoms. The first-order chi connectivity index (χ1) is 9.48. The fourth-order valence-corrected chi connectivity index (χ4v) is 5.35. The largest absolute Gasteiger partial charge is 0.182 e. The summed E-state index contributed by atoms with van der Waals surface area (Å²) in [5.41, 5.74) is 0.593. The van der Waals surface area contributed by atoms with Crippen molar-refractivity contribution in [1.82, 2.24) is 10.5 Å². The molecular formula is C14H23I2N3Pt. The molecule has 0 amide bonds. The summed E-state index contributed by atoms with van der Waals surface area (Å²) in [5, 5.41) is 0. The van der Waals surface area contributed by atoms with Crippen LogP contribution in [0.3, 0.4) is 0 Å². The van der Waals surface area contributed by atoms with Crippen LogP contribution in [0.1, 0.15) is 45.4 Å². The molecule has 0 aliphatic heterocycles. The predicted molar refractivity (Wildman–Crippen MR) is 96.1 cm³/mol. The first kappa shape index (κ1) is 17.7. The molecule has 3 fully saturated rings. The van der Waals surface area contributed by atoms with Gasteiger partial charge in [-0.15, -0.1) is 0 Å². The van der Waals surface area contributed by atoms with Crippen LogP contribution < -0.4 is 0 Å². The first-order valence-electron chi connectivity index (χ1n) is 7.27. The Hall–Kier alpha value is 1.32. The number of imidazole rings is 1. The van der Waals surface area contributed by atoms with Crippen LogP contribution in [0.25, 0.3) is 0 Å². The molecule has 2 bridgehead atoms. The number of hydrogen-bond donors (Lipinski definition) is 0. The van der Waals surface area contributed by atoms with E-state index in [1.54, 1.807) is 0 Å². The zero-order valence-corrected chi connectivity index (χ0v) is 18.7. The van der Waals surface area contributed by atoms with Crippen LogP contribution in [0.15, 0.2) is 12.4 Å². The molecule has 0 radical (unpaired) electrons. The van der Waals surface area contributed by atoms with E-state index in [9.17, 15) is 0 Å². The number of fused-ring (bicyclic) bond motifs is 3. The van der Waals surface area contributed by atoms with Gasteiger partial charge in [0.25, 0.3) is 0 Å². The van der Waals surface area contributed by atoms with Crippen molar-refractivity contribution in [2.24, 2.45) is 13.0 Å². The fraction of sp³-hybridized carbons (Fsp3) is 0.786. The molecule has 0 unspecified atom stereocenters. The molecule has 6 heteroatoms. The van der Waals surface area contributed by atoms with E-state index in [0.717, 1.165) is 12.5 Å². The maximum absolute atomic E-state index is 2.46. The maximum Gasteiger partial charge on any atom is 0.0408 e. The van der Waals surface area contributed by atoms with E-state index in [1.165, 1.54) is 42.3 Å². The van der Waals surface area contributed by atoms with Crippen molar-refractivity contribution >= 4 is 45.7 Å². The Morgan fingerprint density at radius 2 is 1.80 bits per heavy atom. The standard InChI is InChI=1S/C8H13I2N.C6H10N2.Pt/c9-11(10)8-4-1-7(2-5-8)3-6-8;1-3-8-5-4-7(2)6-8;/h7H,1-6H2;4-5H,3H2,1-2H3;. The van der Waals surface area contributed by atoms with E-state index in [4.69, 9.17) is 0 Å². The summed E-state index contributed by atoms with van der Waals surface area (Å²) in [5.74, 6) is 1.09. The van der Waals surface area contributed by atoms with Crippen LogP contribution in [-0.4, -0.2) is 16.0 Å². The topological polar surface area (TPSA) is 13.1 Å². The molecule has 0 saturated heterocycles. The Balaban J connectivity index is 0.000000151. The van der Waals surface area contributed by atoms with Crippen LogP contribution in [0.2, 0.25) is 0 Å². The minimum Gasteiger partial charge on any atom is -0.182 e. The molecule has 0 aromatic carbocycles. The van der Waals surface area contributed by atoms with Gasteiger partial charge in [0.05, 0.1) is 0 Å². The number of hydrogen-bond acceptors (Lipinski definition) is 1. The van der Waals surface area contributed by atoms with Gasteiger partial charge >= 0.3 is 65.2 Å². The van der Waals surface area contributed by atoms with Crippen LogP contribution in [-0.2, 0) is 32.9 Å². The predicted octanol–water partition coefficient (Wildman–Crippen LogP) is 4.64.